The third-order valence-corrected chi connectivity index (χ3v) is 3.56. The number of hydrogen-bond acceptors (Lipinski definition) is 3. The highest BCUT2D eigenvalue weighted by atomic mass is 35.5. The van der Waals surface area contributed by atoms with Crippen molar-refractivity contribution in [1.82, 2.24) is 4.90 Å². The summed E-state index contributed by atoms with van der Waals surface area (Å²) < 4.78 is 38.3. The molecule has 5 nitrogen and oxygen atoms in total. The quantitative estimate of drug-likeness (QED) is 0.814. The molecule has 0 saturated carbocycles. The van der Waals surface area contributed by atoms with Gasteiger partial charge in [-0.3, -0.25) is 9.59 Å². The van der Waals surface area contributed by atoms with Crippen LogP contribution in [0.1, 0.15) is 25.3 Å². The molecule has 1 aromatic carbocycles. The molecular formula is C15H19ClF3N3O2. The molecule has 0 spiro atoms. The van der Waals surface area contributed by atoms with Gasteiger partial charge in [-0.2, -0.15) is 13.2 Å². The number of nitrogens with one attached hydrogen (secondary N) is 1. The molecule has 1 aromatic rings. The minimum Gasteiger partial charge on any atom is -0.335 e. The second-order valence-corrected chi connectivity index (χ2v) is 5.74. The maximum absolute atomic E-state index is 12.8. The molecule has 0 bridgehead atoms. The van der Waals surface area contributed by atoms with E-state index in [9.17, 15) is 22.8 Å². The van der Waals surface area contributed by atoms with Crippen LogP contribution in [-0.4, -0.2) is 36.3 Å². The molecule has 1 rings (SSSR count). The maximum Gasteiger partial charge on any atom is 0.417 e. The number of hydrogen-bond donors (Lipinski definition) is 2. The van der Waals surface area contributed by atoms with Gasteiger partial charge in [0, 0.05) is 12.7 Å². The van der Waals surface area contributed by atoms with Crippen LogP contribution in [0.4, 0.5) is 18.9 Å². The lowest BCUT2D eigenvalue weighted by Gasteiger charge is -2.20. The summed E-state index contributed by atoms with van der Waals surface area (Å²) in [5, 5.41) is 1.85. The predicted octanol–water partition coefficient (Wildman–Crippen LogP) is 2.88. The van der Waals surface area contributed by atoms with Crippen LogP contribution in [-0.2, 0) is 15.8 Å². The van der Waals surface area contributed by atoms with Crippen molar-refractivity contribution in [1.29, 1.82) is 0 Å². The van der Waals surface area contributed by atoms with E-state index in [1.165, 1.54) is 13.1 Å². The number of benzene rings is 1. The zero-order chi connectivity index (χ0) is 18.5. The van der Waals surface area contributed by atoms with E-state index >= 15 is 0 Å². The Bertz CT molecular complexity index is 608. The highest BCUT2D eigenvalue weighted by Gasteiger charge is 2.33. The largest absolute Gasteiger partial charge is 0.417 e. The molecule has 1 atom stereocenters. The number of likely N-dealkylation sites (N-methyl/N-ethyl adjacent to an activating group) is 1. The fourth-order valence-electron chi connectivity index (χ4n) is 2.03. The summed E-state index contributed by atoms with van der Waals surface area (Å²) in [7, 11) is 1.40. The Morgan fingerprint density at radius 2 is 2.00 bits per heavy atom. The second-order valence-electron chi connectivity index (χ2n) is 5.33. The number of alkyl halides is 3. The van der Waals surface area contributed by atoms with Crippen LogP contribution in [0, 0.1) is 0 Å². The van der Waals surface area contributed by atoms with E-state index in [4.69, 9.17) is 17.3 Å². The van der Waals surface area contributed by atoms with Crippen LogP contribution in [0.3, 0.4) is 0 Å². The minimum atomic E-state index is -4.63. The van der Waals surface area contributed by atoms with Crippen molar-refractivity contribution in [3.63, 3.8) is 0 Å². The molecular weight excluding hydrogens is 347 g/mol. The Hall–Kier alpha value is -1.80. The summed E-state index contributed by atoms with van der Waals surface area (Å²) in [4.78, 5) is 24.9. The molecule has 134 valence electrons. The van der Waals surface area contributed by atoms with Gasteiger partial charge in [0.2, 0.25) is 11.8 Å². The van der Waals surface area contributed by atoms with E-state index in [1.807, 2.05) is 6.92 Å². The topological polar surface area (TPSA) is 75.4 Å². The smallest absolute Gasteiger partial charge is 0.335 e. The third-order valence-electron chi connectivity index (χ3n) is 3.23. The third kappa shape index (κ3) is 5.68. The Labute approximate surface area is 142 Å². The first-order valence-electron chi connectivity index (χ1n) is 7.23. The first-order chi connectivity index (χ1) is 11.1. The van der Waals surface area contributed by atoms with Crippen LogP contribution >= 0.6 is 11.6 Å². The molecule has 0 aliphatic heterocycles. The normalized spacial score (nSPS) is 12.6. The lowest BCUT2D eigenvalue weighted by atomic mass is 10.1. The number of halogens is 4. The standard InChI is InChI=1S/C15H19ClF3N3O2/c1-3-4-12(20)14(24)22(2)8-13(23)21-9-5-6-11(16)10(7-9)15(17,18)19/h5-7,12H,3-4,8,20H2,1-2H3,(H,21,23). The highest BCUT2D eigenvalue weighted by molar-refractivity contribution is 6.31. The molecule has 9 heteroatoms. The number of rotatable bonds is 6. The van der Waals surface area contributed by atoms with E-state index in [2.05, 4.69) is 5.32 Å². The monoisotopic (exact) mass is 365 g/mol. The fourth-order valence-corrected chi connectivity index (χ4v) is 2.26. The molecule has 2 amide bonds. The lowest BCUT2D eigenvalue weighted by Crippen LogP contribution is -2.44. The Balaban J connectivity index is 2.73. The van der Waals surface area contributed by atoms with Gasteiger partial charge in [0.1, 0.15) is 0 Å². The number of carbonyl (C=O) groups excluding carboxylic acids is 2. The zero-order valence-corrected chi connectivity index (χ0v) is 14.0. The van der Waals surface area contributed by atoms with Crippen LogP contribution in [0.25, 0.3) is 0 Å². The summed E-state index contributed by atoms with van der Waals surface area (Å²) in [6.07, 6.45) is -3.42. The molecule has 1 unspecified atom stereocenters. The molecule has 24 heavy (non-hydrogen) atoms. The van der Waals surface area contributed by atoms with Crippen LogP contribution in [0.15, 0.2) is 18.2 Å². The Morgan fingerprint density at radius 1 is 1.38 bits per heavy atom. The number of amides is 2. The first-order valence-corrected chi connectivity index (χ1v) is 7.61. The van der Waals surface area contributed by atoms with E-state index in [0.717, 1.165) is 23.5 Å². The zero-order valence-electron chi connectivity index (χ0n) is 13.3. The van der Waals surface area contributed by atoms with Gasteiger partial charge in [-0.05, 0) is 24.6 Å². The molecule has 3 N–H and O–H groups in total. The SMILES string of the molecule is CCCC(N)C(=O)N(C)CC(=O)Nc1ccc(Cl)c(C(F)(F)F)c1. The first kappa shape index (κ1) is 20.2. The molecule has 0 heterocycles. The van der Waals surface area contributed by atoms with Crippen molar-refractivity contribution in [3.05, 3.63) is 28.8 Å². The van der Waals surface area contributed by atoms with Crippen molar-refractivity contribution >= 4 is 29.1 Å². The van der Waals surface area contributed by atoms with Crippen molar-refractivity contribution in [2.45, 2.75) is 32.0 Å². The molecule has 0 aliphatic carbocycles. The molecule has 0 radical (unpaired) electrons. The van der Waals surface area contributed by atoms with Gasteiger partial charge in [-0.1, -0.05) is 24.9 Å². The lowest BCUT2D eigenvalue weighted by molar-refractivity contribution is -0.137. The fraction of sp³-hybridized carbons (Fsp3) is 0.467. The van der Waals surface area contributed by atoms with Crippen molar-refractivity contribution in [2.24, 2.45) is 5.73 Å². The van der Waals surface area contributed by atoms with Crippen molar-refractivity contribution in [2.75, 3.05) is 18.9 Å². The Kier molecular flexibility index (Phi) is 7.04. The number of nitrogens with zero attached hydrogens (tertiary/aromatic N) is 1. The van der Waals surface area contributed by atoms with Crippen LogP contribution < -0.4 is 11.1 Å². The second kappa shape index (κ2) is 8.34. The molecule has 0 saturated heterocycles. The number of carbonyl (C=O) groups is 2. The van der Waals surface area contributed by atoms with Gasteiger partial charge >= 0.3 is 6.18 Å². The summed E-state index contributed by atoms with van der Waals surface area (Å²) in [6, 6.07) is 2.33. The summed E-state index contributed by atoms with van der Waals surface area (Å²) in [6.45, 7) is 1.55. The van der Waals surface area contributed by atoms with Gasteiger partial charge in [0.25, 0.3) is 0 Å². The van der Waals surface area contributed by atoms with Gasteiger partial charge in [0.05, 0.1) is 23.2 Å². The molecule has 0 aliphatic rings. The predicted molar refractivity (Wildman–Crippen MR) is 85.6 cm³/mol. The van der Waals surface area contributed by atoms with E-state index < -0.39 is 34.6 Å². The van der Waals surface area contributed by atoms with Gasteiger partial charge < -0.3 is 16.0 Å². The van der Waals surface area contributed by atoms with Crippen LogP contribution in [0.2, 0.25) is 5.02 Å². The minimum absolute atomic E-state index is 0.0598. The molecule has 0 fully saturated rings. The van der Waals surface area contributed by atoms with Gasteiger partial charge in [-0.15, -0.1) is 0 Å². The summed E-state index contributed by atoms with van der Waals surface area (Å²) in [5.41, 5.74) is 4.57. The number of anilines is 1. The van der Waals surface area contributed by atoms with E-state index in [-0.39, 0.29) is 12.2 Å². The number of nitrogens with two attached hydrogens (primary N) is 1. The Morgan fingerprint density at radius 3 is 2.54 bits per heavy atom. The average molecular weight is 366 g/mol. The maximum atomic E-state index is 12.8. The summed E-state index contributed by atoms with van der Waals surface area (Å²) >= 11 is 5.51. The average Bonchev–Trinajstić information content (AvgIpc) is 2.47. The van der Waals surface area contributed by atoms with Crippen molar-refractivity contribution in [3.8, 4) is 0 Å². The van der Waals surface area contributed by atoms with E-state index in [0.29, 0.717) is 6.42 Å². The van der Waals surface area contributed by atoms with Gasteiger partial charge in [0.15, 0.2) is 0 Å². The van der Waals surface area contributed by atoms with Gasteiger partial charge in [-0.25, -0.2) is 0 Å². The highest BCUT2D eigenvalue weighted by Crippen LogP contribution is 2.36. The van der Waals surface area contributed by atoms with E-state index in [1.54, 1.807) is 0 Å². The van der Waals surface area contributed by atoms with Crippen LogP contribution in [0.5, 0.6) is 0 Å². The van der Waals surface area contributed by atoms with Crippen molar-refractivity contribution < 1.29 is 22.8 Å². The molecule has 0 aromatic heterocycles. The summed E-state index contributed by atoms with van der Waals surface area (Å²) in [5.74, 6) is -1.04.